The molecule has 0 radical (unpaired) electrons. The predicted octanol–water partition coefficient (Wildman–Crippen LogP) is -0.644. The van der Waals surface area contributed by atoms with Crippen LogP contribution in [0.2, 0.25) is 0 Å². The molecule has 2 amide bonds. The van der Waals surface area contributed by atoms with Crippen LogP contribution in [0.15, 0.2) is 24.3 Å². The summed E-state index contributed by atoms with van der Waals surface area (Å²) in [6, 6.07) is 7.47. The fraction of sp³-hybridized carbons (Fsp3) is 0.529. The van der Waals surface area contributed by atoms with Gasteiger partial charge in [0.2, 0.25) is 0 Å². The molecule has 0 aliphatic carbocycles. The van der Waals surface area contributed by atoms with E-state index in [9.17, 15) is 9.59 Å². The summed E-state index contributed by atoms with van der Waals surface area (Å²) in [5, 5.41) is 5.53. The average molecular weight is 320 g/mol. The van der Waals surface area contributed by atoms with Crippen LogP contribution in [-0.2, 0) is 16.1 Å². The minimum atomic E-state index is -0.0919. The van der Waals surface area contributed by atoms with E-state index in [1.54, 1.807) is 19.2 Å². The first-order chi connectivity index (χ1) is 11.1. The molecule has 1 aliphatic heterocycles. The molecule has 3 N–H and O–H groups in total. The van der Waals surface area contributed by atoms with Crippen molar-refractivity contribution in [3.05, 3.63) is 35.4 Å². The molecule has 1 aromatic rings. The monoisotopic (exact) mass is 320 g/mol. The summed E-state index contributed by atoms with van der Waals surface area (Å²) in [6.45, 7) is 2.57. The quantitative estimate of drug-likeness (QED) is 0.626. The molecule has 2 atom stereocenters. The summed E-state index contributed by atoms with van der Waals surface area (Å²) in [4.78, 5) is 24.5. The van der Waals surface area contributed by atoms with Crippen LogP contribution in [0.1, 0.15) is 28.8 Å². The number of amides is 2. The van der Waals surface area contributed by atoms with E-state index in [1.807, 2.05) is 19.2 Å². The standard InChI is InChI=1S/C17H25N3O3/c1-18-17(22)14-7-5-13(6-8-14)11-20(2)12-16(21)19-10-15-4-3-9-23-15/h5-8,15H,3-4,9-12H2,1-2H3,(H,18,22)(H,19,21)/p+1/t15-/m0/s1. The molecule has 1 unspecified atom stereocenters. The second kappa shape index (κ2) is 8.64. The van der Waals surface area contributed by atoms with E-state index >= 15 is 0 Å². The summed E-state index contributed by atoms with van der Waals surface area (Å²) in [5.74, 6) is -0.0502. The van der Waals surface area contributed by atoms with E-state index in [0.717, 1.165) is 36.5 Å². The molecule has 1 fully saturated rings. The first kappa shape index (κ1) is 17.4. The van der Waals surface area contributed by atoms with Crippen molar-refractivity contribution in [2.24, 2.45) is 0 Å². The predicted molar refractivity (Wildman–Crippen MR) is 87.3 cm³/mol. The Hall–Kier alpha value is -1.92. The van der Waals surface area contributed by atoms with Gasteiger partial charge in [0.25, 0.3) is 11.8 Å². The largest absolute Gasteiger partial charge is 0.376 e. The van der Waals surface area contributed by atoms with Crippen LogP contribution >= 0.6 is 0 Å². The van der Waals surface area contributed by atoms with Gasteiger partial charge in [0, 0.05) is 31.3 Å². The van der Waals surface area contributed by atoms with Crippen molar-refractivity contribution in [1.82, 2.24) is 10.6 Å². The Labute approximate surface area is 137 Å². The number of carbonyl (C=O) groups is 2. The van der Waals surface area contributed by atoms with Gasteiger partial charge in [-0.1, -0.05) is 12.1 Å². The van der Waals surface area contributed by atoms with Crippen molar-refractivity contribution in [3.63, 3.8) is 0 Å². The molecule has 126 valence electrons. The third-order valence-corrected chi connectivity index (χ3v) is 3.96. The lowest BCUT2D eigenvalue weighted by molar-refractivity contribution is -0.885. The zero-order valence-electron chi connectivity index (χ0n) is 13.9. The molecule has 1 heterocycles. The van der Waals surface area contributed by atoms with Crippen molar-refractivity contribution in [2.45, 2.75) is 25.5 Å². The van der Waals surface area contributed by atoms with E-state index in [0.29, 0.717) is 18.7 Å². The van der Waals surface area contributed by atoms with Gasteiger partial charge in [-0.2, -0.15) is 0 Å². The molecule has 6 nitrogen and oxygen atoms in total. The van der Waals surface area contributed by atoms with E-state index in [-0.39, 0.29) is 17.9 Å². The van der Waals surface area contributed by atoms with Gasteiger partial charge in [-0.05, 0) is 25.0 Å². The highest BCUT2D eigenvalue weighted by atomic mass is 16.5. The summed E-state index contributed by atoms with van der Waals surface area (Å²) >= 11 is 0. The lowest BCUT2D eigenvalue weighted by Gasteiger charge is -2.15. The second-order valence-electron chi connectivity index (χ2n) is 6.03. The number of hydrogen-bond donors (Lipinski definition) is 3. The van der Waals surface area contributed by atoms with E-state index in [4.69, 9.17) is 4.74 Å². The maximum Gasteiger partial charge on any atom is 0.275 e. The van der Waals surface area contributed by atoms with Gasteiger partial charge >= 0.3 is 0 Å². The third kappa shape index (κ3) is 5.65. The number of ether oxygens (including phenoxy) is 1. The topological polar surface area (TPSA) is 71.9 Å². The van der Waals surface area contributed by atoms with Gasteiger partial charge in [0.05, 0.1) is 13.2 Å². The zero-order valence-corrected chi connectivity index (χ0v) is 13.9. The van der Waals surface area contributed by atoms with Crippen LogP contribution in [0.3, 0.4) is 0 Å². The Morgan fingerprint density at radius 2 is 2.04 bits per heavy atom. The van der Waals surface area contributed by atoms with Crippen LogP contribution < -0.4 is 15.5 Å². The Morgan fingerprint density at radius 1 is 1.30 bits per heavy atom. The molecule has 2 rings (SSSR count). The summed E-state index contributed by atoms with van der Waals surface area (Å²) in [5.41, 5.74) is 1.74. The van der Waals surface area contributed by atoms with Crippen molar-refractivity contribution in [3.8, 4) is 0 Å². The summed E-state index contributed by atoms with van der Waals surface area (Å²) in [7, 11) is 3.60. The first-order valence-corrected chi connectivity index (χ1v) is 8.09. The highest BCUT2D eigenvalue weighted by Gasteiger charge is 2.17. The maximum atomic E-state index is 11.9. The number of rotatable bonds is 7. The second-order valence-corrected chi connectivity index (χ2v) is 6.03. The fourth-order valence-corrected chi connectivity index (χ4v) is 2.70. The Kier molecular flexibility index (Phi) is 6.55. The third-order valence-electron chi connectivity index (χ3n) is 3.96. The summed E-state index contributed by atoms with van der Waals surface area (Å²) < 4.78 is 5.49. The number of quaternary nitrogens is 1. The Bertz CT molecular complexity index is 524. The number of hydrogen-bond acceptors (Lipinski definition) is 3. The smallest absolute Gasteiger partial charge is 0.275 e. The van der Waals surface area contributed by atoms with Crippen molar-refractivity contribution in [1.29, 1.82) is 0 Å². The molecule has 6 heteroatoms. The van der Waals surface area contributed by atoms with E-state index in [2.05, 4.69) is 10.6 Å². The van der Waals surface area contributed by atoms with Crippen LogP contribution in [-0.4, -0.2) is 51.7 Å². The van der Waals surface area contributed by atoms with Crippen LogP contribution in [0.4, 0.5) is 0 Å². The van der Waals surface area contributed by atoms with E-state index in [1.165, 1.54) is 0 Å². The molecule has 0 bridgehead atoms. The van der Waals surface area contributed by atoms with Gasteiger partial charge in [-0.15, -0.1) is 0 Å². The van der Waals surface area contributed by atoms with Gasteiger partial charge < -0.3 is 20.3 Å². The molecule has 23 heavy (non-hydrogen) atoms. The SMILES string of the molecule is CNC(=O)c1ccc(C[NH+](C)CC(=O)NC[C@@H]2CCCO2)cc1. The van der Waals surface area contributed by atoms with Crippen molar-refractivity contribution < 1.29 is 19.2 Å². The summed E-state index contributed by atoms with van der Waals surface area (Å²) in [6.07, 6.45) is 2.29. The highest BCUT2D eigenvalue weighted by Crippen LogP contribution is 2.10. The molecule has 1 aliphatic rings. The van der Waals surface area contributed by atoms with Gasteiger partial charge in [-0.25, -0.2) is 0 Å². The number of nitrogens with one attached hydrogen (secondary N) is 3. The van der Waals surface area contributed by atoms with E-state index < -0.39 is 0 Å². The molecular weight excluding hydrogens is 294 g/mol. The molecular formula is C17H26N3O3+. The molecule has 0 spiro atoms. The Morgan fingerprint density at radius 3 is 2.65 bits per heavy atom. The minimum Gasteiger partial charge on any atom is -0.376 e. The van der Waals surface area contributed by atoms with Gasteiger partial charge in [0.1, 0.15) is 6.54 Å². The number of benzene rings is 1. The number of likely N-dealkylation sites (N-methyl/N-ethyl adjacent to an activating group) is 1. The first-order valence-electron chi connectivity index (χ1n) is 8.09. The van der Waals surface area contributed by atoms with Crippen LogP contribution in [0.25, 0.3) is 0 Å². The molecule has 0 saturated carbocycles. The van der Waals surface area contributed by atoms with Crippen molar-refractivity contribution in [2.75, 3.05) is 33.8 Å². The maximum absolute atomic E-state index is 11.9. The van der Waals surface area contributed by atoms with Crippen LogP contribution in [0.5, 0.6) is 0 Å². The minimum absolute atomic E-state index is 0.0416. The zero-order chi connectivity index (χ0) is 16.7. The van der Waals surface area contributed by atoms with Gasteiger partial charge in [0.15, 0.2) is 6.54 Å². The molecule has 1 saturated heterocycles. The number of carbonyl (C=O) groups excluding carboxylic acids is 2. The Balaban J connectivity index is 1.73. The molecule has 0 aromatic heterocycles. The molecule has 1 aromatic carbocycles. The average Bonchev–Trinajstić information content (AvgIpc) is 3.06. The highest BCUT2D eigenvalue weighted by molar-refractivity contribution is 5.93. The fourth-order valence-electron chi connectivity index (χ4n) is 2.70. The van der Waals surface area contributed by atoms with Gasteiger partial charge in [-0.3, -0.25) is 9.59 Å². The lowest BCUT2D eigenvalue weighted by atomic mass is 10.1. The van der Waals surface area contributed by atoms with Crippen molar-refractivity contribution >= 4 is 11.8 Å². The van der Waals surface area contributed by atoms with Crippen LogP contribution in [0, 0.1) is 0 Å². The lowest BCUT2D eigenvalue weighted by Crippen LogP contribution is -3.08. The normalized spacial score (nSPS) is 18.4.